The van der Waals surface area contributed by atoms with Crippen LogP contribution in [0.5, 0.6) is 11.5 Å². The van der Waals surface area contributed by atoms with Gasteiger partial charge in [-0.2, -0.15) is 5.10 Å². The number of hydrogen-bond donors (Lipinski definition) is 2. The zero-order chi connectivity index (χ0) is 19.7. The molecule has 28 heavy (non-hydrogen) atoms. The van der Waals surface area contributed by atoms with E-state index in [2.05, 4.69) is 10.4 Å². The van der Waals surface area contributed by atoms with Crippen molar-refractivity contribution in [2.75, 3.05) is 19.1 Å². The second-order valence-electron chi connectivity index (χ2n) is 6.52. The van der Waals surface area contributed by atoms with Crippen LogP contribution >= 0.6 is 0 Å². The van der Waals surface area contributed by atoms with E-state index in [1.165, 1.54) is 0 Å². The summed E-state index contributed by atoms with van der Waals surface area (Å²) in [5, 5.41) is 8.00. The lowest BCUT2D eigenvalue weighted by atomic mass is 10.0. The van der Waals surface area contributed by atoms with Gasteiger partial charge in [-0.15, -0.1) is 4.68 Å². The number of carbonyl (C=O) groups excluding carboxylic acids is 1. The maximum absolute atomic E-state index is 13.0. The molecular formula is C20H20N4O4. The van der Waals surface area contributed by atoms with Crippen LogP contribution in [-0.4, -0.2) is 29.1 Å². The smallest absolute Gasteiger partial charge is 0.345 e. The largest absolute Gasteiger partial charge is 0.454 e. The average Bonchev–Trinajstić information content (AvgIpc) is 3.15. The van der Waals surface area contributed by atoms with Crippen molar-refractivity contribution in [2.24, 2.45) is 0 Å². The Morgan fingerprint density at radius 2 is 1.86 bits per heavy atom. The number of carbonyl (C=O) groups is 1. The van der Waals surface area contributed by atoms with Gasteiger partial charge in [0.05, 0.1) is 11.1 Å². The van der Waals surface area contributed by atoms with Crippen molar-refractivity contribution in [1.29, 1.82) is 0 Å². The van der Waals surface area contributed by atoms with Crippen molar-refractivity contribution in [1.82, 2.24) is 15.1 Å². The minimum atomic E-state index is -0.560. The predicted molar refractivity (Wildman–Crippen MR) is 106 cm³/mol. The number of ether oxygens (including phenoxy) is 2. The number of hydrogen-bond acceptors (Lipinski definition) is 6. The fourth-order valence-corrected chi connectivity index (χ4v) is 3.07. The van der Waals surface area contributed by atoms with Gasteiger partial charge >= 0.3 is 6.03 Å². The van der Waals surface area contributed by atoms with Crippen LogP contribution in [0.3, 0.4) is 0 Å². The van der Waals surface area contributed by atoms with E-state index in [0.29, 0.717) is 40.2 Å². The van der Waals surface area contributed by atoms with Gasteiger partial charge in [-0.3, -0.25) is 4.79 Å². The minimum Gasteiger partial charge on any atom is -0.454 e. The molecule has 2 aromatic carbocycles. The molecule has 0 radical (unpaired) electrons. The zero-order valence-corrected chi connectivity index (χ0v) is 15.4. The molecule has 8 nitrogen and oxygen atoms in total. The van der Waals surface area contributed by atoms with E-state index >= 15 is 0 Å². The van der Waals surface area contributed by atoms with Crippen LogP contribution in [0, 0.1) is 0 Å². The highest BCUT2D eigenvalue weighted by Gasteiger charge is 2.22. The predicted octanol–water partition coefficient (Wildman–Crippen LogP) is 2.73. The molecule has 0 bridgehead atoms. The van der Waals surface area contributed by atoms with Crippen LogP contribution in [0.25, 0.3) is 22.0 Å². The highest BCUT2D eigenvalue weighted by molar-refractivity contribution is 5.97. The molecule has 1 aromatic heterocycles. The molecule has 0 saturated carbocycles. The van der Waals surface area contributed by atoms with Gasteiger partial charge in [0.1, 0.15) is 0 Å². The summed E-state index contributed by atoms with van der Waals surface area (Å²) in [4.78, 5) is 25.5. The Labute approximate surface area is 160 Å². The number of benzene rings is 2. The van der Waals surface area contributed by atoms with Crippen LogP contribution in [-0.2, 0) is 0 Å². The van der Waals surface area contributed by atoms with E-state index in [1.54, 1.807) is 36.4 Å². The van der Waals surface area contributed by atoms with E-state index < -0.39 is 11.6 Å². The number of fused-ring (bicyclic) bond motifs is 2. The number of nitrogens with two attached hydrogens (primary N) is 1. The first-order valence-corrected chi connectivity index (χ1v) is 9.09. The average molecular weight is 380 g/mol. The summed E-state index contributed by atoms with van der Waals surface area (Å²) in [6, 6.07) is 9.83. The third-order valence-corrected chi connectivity index (χ3v) is 4.57. The van der Waals surface area contributed by atoms with Crippen molar-refractivity contribution in [2.45, 2.75) is 19.8 Å². The molecule has 144 valence electrons. The van der Waals surface area contributed by atoms with Crippen LogP contribution < -0.4 is 26.1 Å². The summed E-state index contributed by atoms with van der Waals surface area (Å²) in [6.45, 7) is 2.58. The number of unbranched alkanes of at least 4 members (excludes halogenated alkanes) is 1. The second-order valence-corrected chi connectivity index (χ2v) is 6.52. The highest BCUT2D eigenvalue weighted by Crippen LogP contribution is 2.37. The summed E-state index contributed by atoms with van der Waals surface area (Å²) in [7, 11) is 0. The number of anilines is 1. The number of nitrogens with zero attached hydrogens (tertiary/aromatic N) is 2. The molecule has 3 aromatic rings. The molecule has 0 fully saturated rings. The lowest BCUT2D eigenvalue weighted by Crippen LogP contribution is -2.38. The molecule has 2 heterocycles. The molecular weight excluding hydrogens is 360 g/mol. The SMILES string of the molecule is CCCCNC(=O)n1nc(-c2ccc(N)cc2)c2cc3c(cc2c1=O)OCO3. The summed E-state index contributed by atoms with van der Waals surface area (Å²) in [5.41, 5.74) is 7.09. The summed E-state index contributed by atoms with van der Waals surface area (Å²) in [6.07, 6.45) is 1.75. The third kappa shape index (κ3) is 3.13. The Hall–Kier alpha value is -3.55. The summed E-state index contributed by atoms with van der Waals surface area (Å²) < 4.78 is 11.7. The van der Waals surface area contributed by atoms with Gasteiger partial charge < -0.3 is 20.5 Å². The van der Waals surface area contributed by atoms with Gasteiger partial charge in [-0.25, -0.2) is 4.79 Å². The number of rotatable bonds is 4. The molecule has 0 saturated heterocycles. The lowest BCUT2D eigenvalue weighted by molar-refractivity contribution is 0.174. The first kappa shape index (κ1) is 17.8. The molecule has 0 aliphatic carbocycles. The van der Waals surface area contributed by atoms with Gasteiger partial charge in [0.15, 0.2) is 11.5 Å². The van der Waals surface area contributed by atoms with Crippen LogP contribution in [0.2, 0.25) is 0 Å². The van der Waals surface area contributed by atoms with Crippen LogP contribution in [0.15, 0.2) is 41.2 Å². The molecule has 1 aliphatic rings. The highest BCUT2D eigenvalue weighted by atomic mass is 16.7. The quantitative estimate of drug-likeness (QED) is 0.532. The fourth-order valence-electron chi connectivity index (χ4n) is 3.07. The first-order chi connectivity index (χ1) is 13.6. The maximum Gasteiger partial charge on any atom is 0.345 e. The lowest BCUT2D eigenvalue weighted by Gasteiger charge is -2.12. The van der Waals surface area contributed by atoms with Gasteiger partial charge in [0, 0.05) is 23.2 Å². The summed E-state index contributed by atoms with van der Waals surface area (Å²) >= 11 is 0. The standard InChI is InChI=1S/C20H20N4O4/c1-2-3-8-22-20(26)24-19(25)15-10-17-16(27-11-28-17)9-14(15)18(23-24)12-4-6-13(21)7-5-12/h4-7,9-10H,2-3,8,11,21H2,1H3,(H,22,26). The zero-order valence-electron chi connectivity index (χ0n) is 15.4. The number of aromatic nitrogens is 2. The molecule has 1 aliphatic heterocycles. The van der Waals surface area contributed by atoms with Crippen LogP contribution in [0.4, 0.5) is 10.5 Å². The van der Waals surface area contributed by atoms with Gasteiger partial charge in [-0.05, 0) is 30.7 Å². The molecule has 0 unspecified atom stereocenters. The first-order valence-electron chi connectivity index (χ1n) is 9.09. The molecule has 8 heteroatoms. The van der Waals surface area contributed by atoms with Gasteiger partial charge in [0.2, 0.25) is 6.79 Å². The Morgan fingerprint density at radius 3 is 2.54 bits per heavy atom. The Balaban J connectivity index is 1.92. The van der Waals surface area contributed by atoms with E-state index in [1.807, 2.05) is 6.92 Å². The van der Waals surface area contributed by atoms with E-state index in [4.69, 9.17) is 15.2 Å². The van der Waals surface area contributed by atoms with E-state index in [0.717, 1.165) is 23.1 Å². The van der Waals surface area contributed by atoms with Crippen molar-refractivity contribution in [3.05, 3.63) is 46.8 Å². The number of nitrogens with one attached hydrogen (secondary N) is 1. The van der Waals surface area contributed by atoms with Crippen molar-refractivity contribution >= 4 is 22.5 Å². The Kier molecular flexibility index (Phi) is 4.60. The third-order valence-electron chi connectivity index (χ3n) is 4.57. The Morgan fingerprint density at radius 1 is 1.18 bits per heavy atom. The molecule has 1 amide bonds. The van der Waals surface area contributed by atoms with Crippen molar-refractivity contribution < 1.29 is 14.3 Å². The molecule has 0 spiro atoms. The molecule has 4 rings (SSSR count). The fraction of sp³-hybridized carbons (Fsp3) is 0.250. The molecule has 0 atom stereocenters. The number of amides is 1. The topological polar surface area (TPSA) is 108 Å². The van der Waals surface area contributed by atoms with E-state index in [9.17, 15) is 9.59 Å². The van der Waals surface area contributed by atoms with Crippen LogP contribution in [0.1, 0.15) is 19.8 Å². The Bertz CT molecular complexity index is 1110. The maximum atomic E-state index is 13.0. The van der Waals surface area contributed by atoms with Gasteiger partial charge in [-0.1, -0.05) is 25.5 Å². The monoisotopic (exact) mass is 380 g/mol. The molecule has 3 N–H and O–H groups in total. The minimum absolute atomic E-state index is 0.0853. The normalized spacial score (nSPS) is 12.3. The number of nitrogen functional groups attached to an aromatic ring is 1. The van der Waals surface area contributed by atoms with Crippen molar-refractivity contribution in [3.8, 4) is 22.8 Å². The van der Waals surface area contributed by atoms with Gasteiger partial charge in [0.25, 0.3) is 5.56 Å². The van der Waals surface area contributed by atoms with Crippen molar-refractivity contribution in [3.63, 3.8) is 0 Å². The van der Waals surface area contributed by atoms with E-state index in [-0.39, 0.29) is 6.79 Å². The summed E-state index contributed by atoms with van der Waals surface area (Å²) in [5.74, 6) is 1.01. The second kappa shape index (κ2) is 7.22.